The van der Waals surface area contributed by atoms with E-state index < -0.39 is 16.4 Å². The Balaban J connectivity index is 1.84. The maximum absolute atomic E-state index is 11.9. The van der Waals surface area contributed by atoms with Crippen LogP contribution in [0.5, 0.6) is 11.5 Å². The van der Waals surface area contributed by atoms with Crippen LogP contribution in [0.1, 0.15) is 5.56 Å². The van der Waals surface area contributed by atoms with Gasteiger partial charge in [0.25, 0.3) is 11.2 Å². The molecule has 2 N–H and O–H groups in total. The van der Waals surface area contributed by atoms with E-state index >= 15 is 0 Å². The number of carbonyl (C=O) groups excluding carboxylic acids is 1. The number of nitro groups is 1. The van der Waals surface area contributed by atoms with Gasteiger partial charge in [0.15, 0.2) is 11.5 Å². The van der Waals surface area contributed by atoms with Crippen LogP contribution in [0.25, 0.3) is 6.08 Å². The van der Waals surface area contributed by atoms with Gasteiger partial charge < -0.3 is 19.8 Å². The standard InChI is InChI=1S/C15H11N3O6/c19-14(17-10-2-1-5-16-15(10)20)4-3-9-6-12-13(24-8-23-12)7-11(9)18(21)22/h1-7H,8H2,(H,16,20)(H,17,19). The second-order valence-electron chi connectivity index (χ2n) is 4.76. The molecule has 1 aliphatic rings. The third-order valence-electron chi connectivity index (χ3n) is 3.21. The van der Waals surface area contributed by atoms with E-state index in [1.165, 1.54) is 30.5 Å². The molecule has 122 valence electrons. The van der Waals surface area contributed by atoms with Crippen LogP contribution in [-0.4, -0.2) is 22.6 Å². The van der Waals surface area contributed by atoms with Gasteiger partial charge in [-0.15, -0.1) is 0 Å². The summed E-state index contributed by atoms with van der Waals surface area (Å²) in [5.41, 5.74) is -0.414. The molecule has 0 saturated heterocycles. The average Bonchev–Trinajstić information content (AvgIpc) is 3.01. The molecule has 0 spiro atoms. The van der Waals surface area contributed by atoms with E-state index in [1.54, 1.807) is 6.07 Å². The van der Waals surface area contributed by atoms with E-state index in [0.717, 1.165) is 6.08 Å². The highest BCUT2D eigenvalue weighted by Gasteiger charge is 2.22. The predicted molar refractivity (Wildman–Crippen MR) is 83.9 cm³/mol. The molecule has 9 heteroatoms. The molecule has 2 aromatic rings. The van der Waals surface area contributed by atoms with Crippen molar-refractivity contribution >= 4 is 23.4 Å². The number of amides is 1. The van der Waals surface area contributed by atoms with E-state index in [1.807, 2.05) is 0 Å². The lowest BCUT2D eigenvalue weighted by Gasteiger charge is -2.02. The van der Waals surface area contributed by atoms with Crippen molar-refractivity contribution in [2.24, 2.45) is 0 Å². The Morgan fingerprint density at radius 2 is 2.08 bits per heavy atom. The third-order valence-corrected chi connectivity index (χ3v) is 3.21. The molecule has 0 bridgehead atoms. The van der Waals surface area contributed by atoms with Gasteiger partial charge in [-0.2, -0.15) is 0 Å². The number of ether oxygens (including phenoxy) is 2. The number of nitrogens with zero attached hydrogens (tertiary/aromatic N) is 1. The number of fused-ring (bicyclic) bond motifs is 1. The number of nitrogens with one attached hydrogen (secondary N) is 2. The number of hydrogen-bond donors (Lipinski definition) is 2. The number of benzene rings is 1. The fraction of sp³-hybridized carbons (Fsp3) is 0.0667. The zero-order valence-corrected chi connectivity index (χ0v) is 12.1. The minimum atomic E-state index is -0.598. The van der Waals surface area contributed by atoms with Crippen LogP contribution in [0, 0.1) is 10.1 Å². The molecule has 0 radical (unpaired) electrons. The molecule has 2 heterocycles. The number of pyridine rings is 1. The number of nitro benzene ring substituents is 1. The summed E-state index contributed by atoms with van der Waals surface area (Å²) in [5.74, 6) is 0.0398. The molecule has 0 saturated carbocycles. The van der Waals surface area contributed by atoms with Crippen molar-refractivity contribution in [2.45, 2.75) is 0 Å². The third kappa shape index (κ3) is 3.09. The smallest absolute Gasteiger partial charge is 0.280 e. The number of anilines is 1. The molecule has 24 heavy (non-hydrogen) atoms. The Morgan fingerprint density at radius 3 is 2.79 bits per heavy atom. The molecule has 0 unspecified atom stereocenters. The molecular formula is C15H11N3O6. The Labute approximate surface area is 134 Å². The van der Waals surface area contributed by atoms with E-state index in [-0.39, 0.29) is 29.5 Å². The summed E-state index contributed by atoms with van der Waals surface area (Å²) >= 11 is 0. The first-order valence-corrected chi connectivity index (χ1v) is 6.79. The molecule has 1 aromatic heterocycles. The van der Waals surface area contributed by atoms with Crippen molar-refractivity contribution < 1.29 is 19.2 Å². The first-order chi connectivity index (χ1) is 11.5. The average molecular weight is 329 g/mol. The van der Waals surface area contributed by atoms with Gasteiger partial charge in [0, 0.05) is 12.3 Å². The molecule has 3 rings (SSSR count). The van der Waals surface area contributed by atoms with Crippen molar-refractivity contribution in [3.63, 3.8) is 0 Å². The maximum Gasteiger partial charge on any atom is 0.280 e. The minimum absolute atomic E-state index is 0.0169. The van der Waals surface area contributed by atoms with Crippen molar-refractivity contribution in [1.82, 2.24) is 4.98 Å². The maximum atomic E-state index is 11.9. The van der Waals surface area contributed by atoms with Gasteiger partial charge in [-0.05, 0) is 24.3 Å². The Morgan fingerprint density at radius 1 is 1.33 bits per heavy atom. The second kappa shape index (κ2) is 6.24. The van der Waals surface area contributed by atoms with Crippen molar-refractivity contribution in [3.8, 4) is 11.5 Å². The summed E-state index contributed by atoms with van der Waals surface area (Å²) in [7, 11) is 0. The molecule has 1 aromatic carbocycles. The second-order valence-corrected chi connectivity index (χ2v) is 4.76. The van der Waals surface area contributed by atoms with Crippen molar-refractivity contribution in [2.75, 3.05) is 12.1 Å². The Kier molecular flexibility index (Phi) is 3.98. The lowest BCUT2D eigenvalue weighted by molar-refractivity contribution is -0.385. The number of carbonyl (C=O) groups is 1. The van der Waals surface area contributed by atoms with Gasteiger partial charge in [0.1, 0.15) is 5.69 Å². The summed E-state index contributed by atoms with van der Waals surface area (Å²) < 4.78 is 10.3. The zero-order chi connectivity index (χ0) is 17.1. The SMILES string of the molecule is O=C(C=Cc1cc2c(cc1[N+](=O)[O-])OCO2)Nc1ccc[nH]c1=O. The first kappa shape index (κ1) is 15.3. The van der Waals surface area contributed by atoms with E-state index in [4.69, 9.17) is 9.47 Å². The number of rotatable bonds is 4. The zero-order valence-electron chi connectivity index (χ0n) is 12.1. The van der Waals surface area contributed by atoms with Gasteiger partial charge in [-0.1, -0.05) is 0 Å². The molecule has 0 atom stereocenters. The predicted octanol–water partition coefficient (Wildman–Crippen LogP) is 1.66. The summed E-state index contributed by atoms with van der Waals surface area (Å²) in [5, 5.41) is 13.5. The van der Waals surface area contributed by atoms with Gasteiger partial charge >= 0.3 is 0 Å². The largest absolute Gasteiger partial charge is 0.454 e. The van der Waals surface area contributed by atoms with E-state index in [0.29, 0.717) is 5.75 Å². The summed E-state index contributed by atoms with van der Waals surface area (Å²) in [6, 6.07) is 5.65. The highest BCUT2D eigenvalue weighted by Crippen LogP contribution is 2.38. The van der Waals surface area contributed by atoms with Crippen LogP contribution >= 0.6 is 0 Å². The molecule has 1 amide bonds. The molecular weight excluding hydrogens is 318 g/mol. The van der Waals surface area contributed by atoms with Gasteiger partial charge in [0.05, 0.1) is 16.6 Å². The molecule has 9 nitrogen and oxygen atoms in total. The van der Waals surface area contributed by atoms with Crippen molar-refractivity contribution in [1.29, 1.82) is 0 Å². The number of H-pyrrole nitrogens is 1. The van der Waals surface area contributed by atoms with Crippen LogP contribution in [-0.2, 0) is 4.79 Å². The molecule has 0 aliphatic carbocycles. The minimum Gasteiger partial charge on any atom is -0.454 e. The van der Waals surface area contributed by atoms with Crippen LogP contribution < -0.4 is 20.3 Å². The normalized spacial score (nSPS) is 12.3. The van der Waals surface area contributed by atoms with Crippen LogP contribution in [0.2, 0.25) is 0 Å². The summed E-state index contributed by atoms with van der Waals surface area (Å²) in [4.78, 5) is 36.3. The Bertz CT molecular complexity index is 902. The number of aromatic nitrogens is 1. The lowest BCUT2D eigenvalue weighted by Crippen LogP contribution is -2.17. The van der Waals surface area contributed by atoms with E-state index in [9.17, 15) is 19.7 Å². The highest BCUT2D eigenvalue weighted by atomic mass is 16.7. The highest BCUT2D eigenvalue weighted by molar-refractivity contribution is 6.02. The number of hydrogen-bond acceptors (Lipinski definition) is 6. The number of aromatic amines is 1. The van der Waals surface area contributed by atoms with Crippen LogP contribution in [0.3, 0.4) is 0 Å². The fourth-order valence-electron chi connectivity index (χ4n) is 2.10. The molecule has 0 fully saturated rings. The quantitative estimate of drug-likeness (QED) is 0.499. The summed E-state index contributed by atoms with van der Waals surface area (Å²) in [6.07, 6.45) is 3.80. The van der Waals surface area contributed by atoms with Gasteiger partial charge in [-0.3, -0.25) is 19.7 Å². The molecule has 1 aliphatic heterocycles. The fourth-order valence-corrected chi connectivity index (χ4v) is 2.10. The Hall–Kier alpha value is -3.62. The van der Waals surface area contributed by atoms with Gasteiger partial charge in [0.2, 0.25) is 12.7 Å². The lowest BCUT2D eigenvalue weighted by atomic mass is 10.1. The topological polar surface area (TPSA) is 124 Å². The monoisotopic (exact) mass is 329 g/mol. The van der Waals surface area contributed by atoms with E-state index in [2.05, 4.69) is 10.3 Å². The summed E-state index contributed by atoms with van der Waals surface area (Å²) in [6.45, 7) is -0.0169. The van der Waals surface area contributed by atoms with Crippen LogP contribution in [0.15, 0.2) is 41.3 Å². The van der Waals surface area contributed by atoms with Crippen LogP contribution in [0.4, 0.5) is 11.4 Å². The van der Waals surface area contributed by atoms with Gasteiger partial charge in [-0.25, -0.2) is 0 Å². The van der Waals surface area contributed by atoms with Crippen molar-refractivity contribution in [3.05, 3.63) is 62.6 Å². The first-order valence-electron chi connectivity index (χ1n) is 6.79.